The lowest BCUT2D eigenvalue weighted by molar-refractivity contribution is 0.667. The summed E-state index contributed by atoms with van der Waals surface area (Å²) in [5.74, 6) is 0. The number of thiophene rings is 8. The van der Waals surface area contributed by atoms with Gasteiger partial charge in [0.15, 0.2) is 22.3 Å². The molecule has 0 aliphatic rings. The van der Waals surface area contributed by atoms with Crippen LogP contribution in [-0.4, -0.2) is 0 Å². The van der Waals surface area contributed by atoms with Gasteiger partial charge in [-0.25, -0.2) is 0 Å². The molecule has 0 fully saturated rings. The van der Waals surface area contributed by atoms with Crippen molar-refractivity contribution in [3.63, 3.8) is 0 Å². The summed E-state index contributed by atoms with van der Waals surface area (Å²) in [6.45, 7) is 8.40. The molecule has 0 unspecified atom stereocenters. The van der Waals surface area contributed by atoms with Crippen molar-refractivity contribution in [1.29, 1.82) is 0 Å². The minimum Gasteiger partial charge on any atom is -0.454 e. The van der Waals surface area contributed by atoms with Gasteiger partial charge in [-0.15, -0.1) is 90.7 Å². The topological polar surface area (TPSA) is 52.6 Å². The first-order valence-electron chi connectivity index (χ1n) is 22.9. The van der Waals surface area contributed by atoms with Crippen LogP contribution < -0.4 is 0 Å². The Labute approximate surface area is 551 Å². The Hall–Kier alpha value is -0.960. The van der Waals surface area contributed by atoms with Crippen LogP contribution in [0.15, 0.2) is 108 Å². The third-order valence-electron chi connectivity index (χ3n) is 13.3. The molecule has 4 aromatic carbocycles. The third kappa shape index (κ3) is 7.90. The SMILES string of the molecule is Cc1ccc2c(c1)oc1c(Br)c(-c3sc4c(Br)c(-c5sc6c(oc7cc(C)ccc76)c5Br)sc4c3Br)sc12.Cc1ccc2c(c1)oc1c(I)c(-c3sc4c(I)c(-c5sc6c(oc7cc(C)ccc76)c5I)sc4c3I)sc12. The van der Waals surface area contributed by atoms with E-state index in [0.29, 0.717) is 0 Å². The van der Waals surface area contributed by atoms with Crippen molar-refractivity contribution in [2.45, 2.75) is 27.7 Å². The number of hydrogen-bond donors (Lipinski definition) is 0. The van der Waals surface area contributed by atoms with E-state index in [1.54, 1.807) is 45.3 Å². The smallest absolute Gasteiger partial charge is 0.161 e. The molecule has 16 rings (SSSR count). The van der Waals surface area contributed by atoms with Crippen LogP contribution in [0.25, 0.3) is 143 Å². The van der Waals surface area contributed by atoms with Crippen molar-refractivity contribution in [2.75, 3.05) is 0 Å². The van der Waals surface area contributed by atoms with Crippen LogP contribution in [0.1, 0.15) is 22.3 Å². The number of fused-ring (bicyclic) bond motifs is 14. The molecule has 0 atom stereocenters. The van der Waals surface area contributed by atoms with Crippen LogP contribution in [0.2, 0.25) is 0 Å². The quantitative estimate of drug-likeness (QED) is 0.165. The average molecular weight is 1840 g/mol. The molecule has 0 saturated carbocycles. The van der Waals surface area contributed by atoms with Crippen molar-refractivity contribution in [3.8, 4) is 39.0 Å². The molecule has 12 heterocycles. The Morgan fingerprint density at radius 3 is 0.882 bits per heavy atom. The van der Waals surface area contributed by atoms with Gasteiger partial charge in [-0.1, -0.05) is 24.3 Å². The zero-order chi connectivity index (χ0) is 52.1. The number of hydrogen-bond acceptors (Lipinski definition) is 12. The number of rotatable bonds is 4. The highest BCUT2D eigenvalue weighted by atomic mass is 127. The van der Waals surface area contributed by atoms with Crippen LogP contribution in [0, 0.1) is 42.0 Å². The number of halogens is 8. The molecule has 0 saturated heterocycles. The second kappa shape index (κ2) is 19.3. The molecule has 20 heteroatoms. The summed E-state index contributed by atoms with van der Waals surface area (Å²) in [7, 11) is 0. The minimum atomic E-state index is 0.918. The molecular formula is C56H24Br4I4O4S8. The predicted molar refractivity (Wildman–Crippen MR) is 382 cm³/mol. The van der Waals surface area contributed by atoms with Crippen LogP contribution in [-0.2, 0) is 0 Å². The van der Waals surface area contributed by atoms with Gasteiger partial charge in [0, 0.05) is 21.5 Å². The van der Waals surface area contributed by atoms with E-state index in [9.17, 15) is 0 Å². The second-order valence-electron chi connectivity index (χ2n) is 18.3. The molecule has 4 nitrogen and oxygen atoms in total. The number of furan rings is 4. The van der Waals surface area contributed by atoms with Crippen LogP contribution >= 0.6 is 245 Å². The van der Waals surface area contributed by atoms with E-state index >= 15 is 0 Å². The maximum atomic E-state index is 6.33. The highest BCUT2D eigenvalue weighted by molar-refractivity contribution is 14.1. The van der Waals surface area contributed by atoms with Gasteiger partial charge in [0.2, 0.25) is 0 Å². The van der Waals surface area contributed by atoms with Crippen molar-refractivity contribution in [3.05, 3.63) is 127 Å². The van der Waals surface area contributed by atoms with Gasteiger partial charge in [-0.3, -0.25) is 0 Å². The lowest BCUT2D eigenvalue weighted by atomic mass is 10.2. The summed E-state index contributed by atoms with van der Waals surface area (Å²) in [4.78, 5) is 10.1. The molecule has 76 heavy (non-hydrogen) atoms. The Kier molecular flexibility index (Phi) is 13.2. The molecule has 0 aliphatic heterocycles. The highest BCUT2D eigenvalue weighted by Gasteiger charge is 2.30. The highest BCUT2D eigenvalue weighted by Crippen LogP contribution is 2.60. The van der Waals surface area contributed by atoms with Gasteiger partial charge in [-0.2, -0.15) is 0 Å². The van der Waals surface area contributed by atoms with Gasteiger partial charge in [0.25, 0.3) is 0 Å². The Morgan fingerprint density at radius 2 is 0.539 bits per heavy atom. The number of benzene rings is 4. The summed E-state index contributed by atoms with van der Waals surface area (Å²) in [5, 5.41) is 4.75. The summed E-state index contributed by atoms with van der Waals surface area (Å²) in [5.41, 5.74) is 12.6. The lowest BCUT2D eigenvalue weighted by Gasteiger charge is -1.99. The normalized spacial score (nSPS) is 12.5. The second-order valence-corrected chi connectivity index (χ2v) is 34.0. The fraction of sp³-hybridized carbons (Fsp3) is 0.0714. The molecule has 0 amide bonds. The zero-order valence-electron chi connectivity index (χ0n) is 38.9. The van der Waals surface area contributed by atoms with Crippen molar-refractivity contribution >= 4 is 349 Å². The third-order valence-corrected chi connectivity index (χ3v) is 34.9. The van der Waals surface area contributed by atoms with E-state index in [0.717, 1.165) is 73.3 Å². The molecular weight excluding hydrogens is 1820 g/mol. The van der Waals surface area contributed by atoms with Crippen molar-refractivity contribution in [1.82, 2.24) is 0 Å². The van der Waals surface area contributed by atoms with Crippen molar-refractivity contribution < 1.29 is 17.7 Å². The van der Waals surface area contributed by atoms with Crippen LogP contribution in [0.5, 0.6) is 0 Å². The van der Waals surface area contributed by atoms with Gasteiger partial charge in [0.05, 0.1) is 109 Å². The molecule has 12 aromatic heterocycles. The molecule has 0 N–H and O–H groups in total. The standard InChI is InChI=1S/C28H12Br4O2S4.C28H12I4O2S4/c2*1-9-3-5-11-13(7-9)33-19-15(29)23(35-21(11)19)25-17(31)27-28(37-25)18(32)26(38-27)24-16(30)20-22(36-24)12-6-4-10(2)8-14(12)34-20/h2*3-8H,1-2H3. The maximum Gasteiger partial charge on any atom is 0.161 e. The van der Waals surface area contributed by atoms with E-state index in [2.05, 4.69) is 255 Å². The molecule has 0 bridgehead atoms. The zero-order valence-corrected chi connectivity index (χ0v) is 60.4. The van der Waals surface area contributed by atoms with E-state index in [4.69, 9.17) is 17.7 Å². The van der Waals surface area contributed by atoms with Gasteiger partial charge in [0.1, 0.15) is 22.3 Å². The summed E-state index contributed by atoms with van der Waals surface area (Å²) >= 11 is 40.4. The maximum absolute atomic E-state index is 6.33. The molecule has 0 radical (unpaired) electrons. The Bertz CT molecular complexity index is 4550. The van der Waals surface area contributed by atoms with E-state index < -0.39 is 0 Å². The lowest BCUT2D eigenvalue weighted by Crippen LogP contribution is -1.75. The number of aryl methyl sites for hydroxylation is 4. The monoisotopic (exact) mass is 1840 g/mol. The molecule has 376 valence electrons. The fourth-order valence-electron chi connectivity index (χ4n) is 9.64. The van der Waals surface area contributed by atoms with Gasteiger partial charge >= 0.3 is 0 Å². The molecule has 0 spiro atoms. The van der Waals surface area contributed by atoms with Gasteiger partial charge < -0.3 is 17.7 Å². The summed E-state index contributed by atoms with van der Waals surface area (Å²) in [6.07, 6.45) is 0. The van der Waals surface area contributed by atoms with Gasteiger partial charge in [-0.05, 0) is 253 Å². The fourth-order valence-corrected chi connectivity index (χ4v) is 29.8. The van der Waals surface area contributed by atoms with E-state index in [-0.39, 0.29) is 0 Å². The Balaban J connectivity index is 0.000000133. The minimum absolute atomic E-state index is 0.918. The predicted octanol–water partition coefficient (Wildman–Crippen LogP) is 27.1. The first-order valence-corrected chi connectivity index (χ1v) is 36.9. The molecule has 0 aliphatic carbocycles. The first kappa shape index (κ1) is 51.9. The van der Waals surface area contributed by atoms with Crippen LogP contribution in [0.4, 0.5) is 0 Å². The van der Waals surface area contributed by atoms with Crippen molar-refractivity contribution in [2.24, 2.45) is 0 Å². The summed E-state index contributed by atoms with van der Waals surface area (Å²) in [6, 6.07) is 25.8. The first-order chi connectivity index (χ1) is 36.6. The Morgan fingerprint density at radius 1 is 0.289 bits per heavy atom. The van der Waals surface area contributed by atoms with E-state index in [1.807, 2.05) is 45.3 Å². The average Bonchev–Trinajstić information content (AvgIpc) is 4.34. The van der Waals surface area contributed by atoms with E-state index in [1.165, 1.54) is 124 Å². The van der Waals surface area contributed by atoms with Crippen LogP contribution in [0.3, 0.4) is 0 Å². The largest absolute Gasteiger partial charge is 0.454 e. The summed E-state index contributed by atoms with van der Waals surface area (Å²) < 4.78 is 44.7. The molecule has 16 aromatic rings.